The van der Waals surface area contributed by atoms with Crippen molar-refractivity contribution in [3.05, 3.63) is 46.2 Å². The number of aromatic nitrogens is 2. The van der Waals surface area contributed by atoms with Crippen molar-refractivity contribution >= 4 is 17.2 Å². The van der Waals surface area contributed by atoms with Gasteiger partial charge in [0, 0.05) is 42.8 Å². The molecule has 1 amide bonds. The normalized spacial score (nSPS) is 24.1. The van der Waals surface area contributed by atoms with Crippen LogP contribution < -0.4 is 0 Å². The Morgan fingerprint density at radius 3 is 2.96 bits per heavy atom. The van der Waals surface area contributed by atoms with Gasteiger partial charge in [-0.1, -0.05) is 6.07 Å². The van der Waals surface area contributed by atoms with Crippen molar-refractivity contribution in [3.8, 4) is 0 Å². The monoisotopic (exact) mass is 328 g/mol. The largest absolute Gasteiger partial charge is 0.333 e. The number of carbonyl (C=O) groups is 1. The van der Waals surface area contributed by atoms with E-state index in [2.05, 4.69) is 27.0 Å². The molecule has 4 heterocycles. The summed E-state index contributed by atoms with van der Waals surface area (Å²) in [6.45, 7) is 4.77. The van der Waals surface area contributed by atoms with Gasteiger partial charge < -0.3 is 4.90 Å². The number of fused-ring (bicyclic) bond motifs is 1. The average molecular weight is 328 g/mol. The molecule has 0 bridgehead atoms. The molecule has 0 radical (unpaired) electrons. The summed E-state index contributed by atoms with van der Waals surface area (Å²) in [5.74, 6) is 0.0919. The van der Waals surface area contributed by atoms with Crippen LogP contribution in [0, 0.1) is 6.92 Å². The molecule has 0 saturated carbocycles. The first kappa shape index (κ1) is 14.8. The van der Waals surface area contributed by atoms with Crippen molar-refractivity contribution in [2.75, 3.05) is 13.1 Å². The predicted molar refractivity (Wildman–Crippen MR) is 89.3 cm³/mol. The fraction of sp³-hybridized carbons (Fsp3) is 0.471. The molecule has 0 unspecified atom stereocenters. The lowest BCUT2D eigenvalue weighted by molar-refractivity contribution is 0.0726. The number of nitrogens with zero attached hydrogens (tertiary/aromatic N) is 4. The lowest BCUT2D eigenvalue weighted by atomic mass is 10.1. The molecule has 23 heavy (non-hydrogen) atoms. The minimum atomic E-state index is 0.0919. The molecule has 0 aromatic carbocycles. The van der Waals surface area contributed by atoms with E-state index in [-0.39, 0.29) is 5.91 Å². The number of thiazole rings is 1. The maximum Gasteiger partial charge on any atom is 0.273 e. The first-order chi connectivity index (χ1) is 11.2. The summed E-state index contributed by atoms with van der Waals surface area (Å²) in [6.07, 6.45) is 2.10. The maximum atomic E-state index is 12.6. The van der Waals surface area contributed by atoms with Gasteiger partial charge in [-0.3, -0.25) is 14.7 Å². The molecule has 2 fully saturated rings. The van der Waals surface area contributed by atoms with E-state index >= 15 is 0 Å². The van der Waals surface area contributed by atoms with Crippen LogP contribution in [0.5, 0.6) is 0 Å². The Morgan fingerprint density at radius 2 is 2.17 bits per heavy atom. The molecule has 0 spiro atoms. The molecule has 0 N–H and O–H groups in total. The molecule has 2 aliphatic heterocycles. The third-order valence-corrected chi connectivity index (χ3v) is 5.50. The van der Waals surface area contributed by atoms with E-state index in [0.29, 0.717) is 17.8 Å². The number of hydrogen-bond acceptors (Lipinski definition) is 5. The second-order valence-electron chi connectivity index (χ2n) is 6.33. The van der Waals surface area contributed by atoms with Crippen molar-refractivity contribution in [3.63, 3.8) is 0 Å². The number of likely N-dealkylation sites (tertiary alicyclic amines) is 2. The highest BCUT2D eigenvalue weighted by Gasteiger charge is 2.44. The van der Waals surface area contributed by atoms with E-state index in [1.165, 1.54) is 11.3 Å². The fourth-order valence-electron chi connectivity index (χ4n) is 3.88. The van der Waals surface area contributed by atoms with Crippen LogP contribution in [0.15, 0.2) is 29.1 Å². The Balaban J connectivity index is 1.46. The van der Waals surface area contributed by atoms with Crippen molar-refractivity contribution < 1.29 is 4.79 Å². The zero-order valence-electron chi connectivity index (χ0n) is 13.2. The predicted octanol–water partition coefficient (Wildman–Crippen LogP) is 2.34. The minimum Gasteiger partial charge on any atom is -0.333 e. The summed E-state index contributed by atoms with van der Waals surface area (Å²) >= 11 is 1.48. The standard InChI is InChI=1S/C17H20N4OS/c1-12-3-2-4-13(19-12)9-20-7-5-16-15(20)6-8-21(16)17(22)14-10-23-11-18-14/h2-4,10-11,15-16H,5-9H2,1H3/t15-,16+/m1/s1. The number of carbonyl (C=O) groups excluding carboxylic acids is 1. The Hall–Kier alpha value is -1.79. The summed E-state index contributed by atoms with van der Waals surface area (Å²) in [6, 6.07) is 6.97. The molecule has 2 atom stereocenters. The molecule has 5 nitrogen and oxygen atoms in total. The molecule has 2 aromatic rings. The molecule has 6 heteroatoms. The van der Waals surface area contributed by atoms with Gasteiger partial charge in [0.15, 0.2) is 0 Å². The van der Waals surface area contributed by atoms with Gasteiger partial charge in [0.1, 0.15) is 5.69 Å². The van der Waals surface area contributed by atoms with Gasteiger partial charge in [0.2, 0.25) is 0 Å². The fourth-order valence-corrected chi connectivity index (χ4v) is 4.41. The van der Waals surface area contributed by atoms with Crippen molar-refractivity contribution in [2.45, 2.75) is 38.4 Å². The highest BCUT2D eigenvalue weighted by molar-refractivity contribution is 7.07. The third kappa shape index (κ3) is 2.77. The molecule has 2 aliphatic rings. The SMILES string of the molecule is Cc1cccc(CN2CC[C@H]3[C@H]2CCN3C(=O)c2cscn2)n1. The van der Waals surface area contributed by atoms with Crippen LogP contribution in [0.1, 0.15) is 34.7 Å². The van der Waals surface area contributed by atoms with E-state index in [1.807, 2.05) is 23.3 Å². The summed E-state index contributed by atoms with van der Waals surface area (Å²) < 4.78 is 0. The van der Waals surface area contributed by atoms with Gasteiger partial charge in [-0.05, 0) is 31.9 Å². The van der Waals surface area contributed by atoms with Crippen LogP contribution in [0.2, 0.25) is 0 Å². The average Bonchev–Trinajstić information content (AvgIpc) is 3.25. The molecule has 2 aromatic heterocycles. The number of amides is 1. The summed E-state index contributed by atoms with van der Waals surface area (Å²) in [5.41, 5.74) is 4.50. The molecular formula is C17H20N4OS. The Kier molecular flexibility index (Phi) is 3.87. The zero-order valence-corrected chi connectivity index (χ0v) is 14.0. The first-order valence-corrected chi connectivity index (χ1v) is 9.02. The van der Waals surface area contributed by atoms with Crippen LogP contribution in [0.3, 0.4) is 0 Å². The molecule has 120 valence electrons. The van der Waals surface area contributed by atoms with Gasteiger partial charge >= 0.3 is 0 Å². The Morgan fingerprint density at radius 1 is 1.30 bits per heavy atom. The van der Waals surface area contributed by atoms with Gasteiger partial charge in [0.05, 0.1) is 11.2 Å². The molecule has 2 saturated heterocycles. The van der Waals surface area contributed by atoms with E-state index in [4.69, 9.17) is 0 Å². The summed E-state index contributed by atoms with van der Waals surface area (Å²) in [5, 5.41) is 1.85. The maximum absolute atomic E-state index is 12.6. The summed E-state index contributed by atoms with van der Waals surface area (Å²) in [7, 11) is 0. The van der Waals surface area contributed by atoms with Crippen LogP contribution in [0.4, 0.5) is 0 Å². The van der Waals surface area contributed by atoms with Crippen molar-refractivity contribution in [2.24, 2.45) is 0 Å². The Bertz CT molecular complexity index is 702. The van der Waals surface area contributed by atoms with E-state index in [9.17, 15) is 4.79 Å². The van der Waals surface area contributed by atoms with Crippen LogP contribution in [-0.2, 0) is 6.54 Å². The van der Waals surface area contributed by atoms with Gasteiger partial charge in [-0.25, -0.2) is 4.98 Å². The van der Waals surface area contributed by atoms with Crippen molar-refractivity contribution in [1.29, 1.82) is 0 Å². The van der Waals surface area contributed by atoms with Gasteiger partial charge in [-0.2, -0.15) is 0 Å². The summed E-state index contributed by atoms with van der Waals surface area (Å²) in [4.78, 5) is 25.9. The molecule has 0 aliphatic carbocycles. The number of rotatable bonds is 3. The van der Waals surface area contributed by atoms with Gasteiger partial charge in [0.25, 0.3) is 5.91 Å². The first-order valence-electron chi connectivity index (χ1n) is 8.08. The van der Waals surface area contributed by atoms with E-state index < -0.39 is 0 Å². The van der Waals surface area contributed by atoms with E-state index in [1.54, 1.807) is 5.51 Å². The number of pyridine rings is 1. The topological polar surface area (TPSA) is 49.3 Å². The zero-order chi connectivity index (χ0) is 15.8. The lowest BCUT2D eigenvalue weighted by Crippen LogP contribution is -2.39. The molecule has 4 rings (SSSR count). The number of hydrogen-bond donors (Lipinski definition) is 0. The highest BCUT2D eigenvalue weighted by atomic mass is 32.1. The van der Waals surface area contributed by atoms with Crippen molar-refractivity contribution in [1.82, 2.24) is 19.8 Å². The van der Waals surface area contributed by atoms with Crippen LogP contribution in [-0.4, -0.2) is 50.8 Å². The smallest absolute Gasteiger partial charge is 0.273 e. The lowest BCUT2D eigenvalue weighted by Gasteiger charge is -2.25. The van der Waals surface area contributed by atoms with E-state index in [0.717, 1.165) is 43.9 Å². The van der Waals surface area contributed by atoms with Crippen LogP contribution in [0.25, 0.3) is 0 Å². The highest BCUT2D eigenvalue weighted by Crippen LogP contribution is 2.33. The van der Waals surface area contributed by atoms with Gasteiger partial charge in [-0.15, -0.1) is 11.3 Å². The third-order valence-electron chi connectivity index (χ3n) is 4.91. The number of aryl methyl sites for hydroxylation is 1. The second kappa shape index (κ2) is 6.02. The quantitative estimate of drug-likeness (QED) is 0.868. The molecular weight excluding hydrogens is 308 g/mol. The Labute approximate surface area is 140 Å². The minimum absolute atomic E-state index is 0.0919. The van der Waals surface area contributed by atoms with Crippen LogP contribution >= 0.6 is 11.3 Å². The second-order valence-corrected chi connectivity index (χ2v) is 7.04.